The first kappa shape index (κ1) is 17.2. The maximum absolute atomic E-state index is 12.3. The molecule has 0 radical (unpaired) electrons. The molecule has 0 fully saturated rings. The number of hydrogen-bond donors (Lipinski definition) is 2. The molecule has 0 unspecified atom stereocenters. The molecule has 0 bridgehead atoms. The number of nitrogens with one attached hydrogen (secondary N) is 2. The van der Waals surface area contributed by atoms with Crippen LogP contribution in [0.15, 0.2) is 59.5 Å². The number of benzene rings is 1. The van der Waals surface area contributed by atoms with Gasteiger partial charge in [0.15, 0.2) is 0 Å². The molecule has 2 N–H and O–H groups in total. The van der Waals surface area contributed by atoms with Crippen LogP contribution in [0.25, 0.3) is 0 Å². The third kappa shape index (κ3) is 4.04. The highest BCUT2D eigenvalue weighted by atomic mass is 16.5. The molecule has 0 spiro atoms. The van der Waals surface area contributed by atoms with Gasteiger partial charge in [-0.1, -0.05) is 12.1 Å². The molecule has 1 aromatic carbocycles. The van der Waals surface area contributed by atoms with E-state index in [0.29, 0.717) is 18.1 Å². The molecule has 132 valence electrons. The Hall–Kier alpha value is -3.68. The van der Waals surface area contributed by atoms with Crippen molar-refractivity contribution in [1.82, 2.24) is 9.97 Å². The lowest BCUT2D eigenvalue weighted by Gasteiger charge is -2.09. The minimum absolute atomic E-state index is 0.119. The average Bonchev–Trinajstić information content (AvgIpc) is 3.20. The lowest BCUT2D eigenvalue weighted by molar-refractivity contribution is 0.0602. The van der Waals surface area contributed by atoms with Crippen LogP contribution in [-0.2, 0) is 11.3 Å². The predicted molar refractivity (Wildman–Crippen MR) is 93.8 cm³/mol. The second-order valence-corrected chi connectivity index (χ2v) is 5.21. The molecule has 0 aliphatic rings. The quantitative estimate of drug-likeness (QED) is 0.657. The highest BCUT2D eigenvalue weighted by Gasteiger charge is 2.15. The Kier molecular flexibility index (Phi) is 5.23. The van der Waals surface area contributed by atoms with Gasteiger partial charge in [-0.25, -0.2) is 14.8 Å². The third-order valence-electron chi connectivity index (χ3n) is 3.49. The third-order valence-corrected chi connectivity index (χ3v) is 3.49. The van der Waals surface area contributed by atoms with Crippen molar-refractivity contribution in [3.63, 3.8) is 0 Å². The molecule has 26 heavy (non-hydrogen) atoms. The number of para-hydroxylation sites is 1. The van der Waals surface area contributed by atoms with Gasteiger partial charge in [-0.15, -0.1) is 0 Å². The summed E-state index contributed by atoms with van der Waals surface area (Å²) in [6, 6.07) is 10.2. The molecule has 1 amide bonds. The standard InChI is InChI=1S/C18H16N4O4/c1-25-18(24)13-6-2-3-7-14(13)22-17(23)15-10-21-16(11-19-15)20-9-12-5-4-8-26-12/h2-8,10-11H,9H2,1H3,(H,20,21)(H,22,23). The molecule has 0 saturated carbocycles. The zero-order chi connectivity index (χ0) is 18.4. The van der Waals surface area contributed by atoms with E-state index in [4.69, 9.17) is 9.15 Å². The largest absolute Gasteiger partial charge is 0.467 e. The Labute approximate surface area is 149 Å². The maximum Gasteiger partial charge on any atom is 0.339 e. The van der Waals surface area contributed by atoms with Crippen LogP contribution in [0.2, 0.25) is 0 Å². The first-order valence-corrected chi connectivity index (χ1v) is 7.74. The molecule has 8 nitrogen and oxygen atoms in total. The van der Waals surface area contributed by atoms with Crippen LogP contribution >= 0.6 is 0 Å². The zero-order valence-corrected chi connectivity index (χ0v) is 13.9. The lowest BCUT2D eigenvalue weighted by atomic mass is 10.1. The fourth-order valence-corrected chi connectivity index (χ4v) is 2.19. The molecule has 3 rings (SSSR count). The molecular weight excluding hydrogens is 336 g/mol. The number of carbonyl (C=O) groups is 2. The van der Waals surface area contributed by atoms with Crippen LogP contribution in [-0.4, -0.2) is 29.0 Å². The molecule has 8 heteroatoms. The van der Waals surface area contributed by atoms with E-state index in [1.54, 1.807) is 36.6 Å². The number of ether oxygens (including phenoxy) is 1. The summed E-state index contributed by atoms with van der Waals surface area (Å²) in [6.07, 6.45) is 4.38. The van der Waals surface area contributed by atoms with E-state index in [9.17, 15) is 9.59 Å². The molecule has 0 saturated heterocycles. The van der Waals surface area contributed by atoms with Crippen molar-refractivity contribution in [2.75, 3.05) is 17.7 Å². The van der Waals surface area contributed by atoms with Crippen molar-refractivity contribution < 1.29 is 18.7 Å². The van der Waals surface area contributed by atoms with E-state index < -0.39 is 11.9 Å². The summed E-state index contributed by atoms with van der Waals surface area (Å²) in [5, 5.41) is 5.67. The number of furan rings is 1. The second kappa shape index (κ2) is 7.93. The van der Waals surface area contributed by atoms with Crippen molar-refractivity contribution >= 4 is 23.4 Å². The van der Waals surface area contributed by atoms with Gasteiger partial charge in [0.05, 0.1) is 43.6 Å². The van der Waals surface area contributed by atoms with Crippen molar-refractivity contribution in [1.29, 1.82) is 0 Å². The topological polar surface area (TPSA) is 106 Å². The Morgan fingerprint density at radius 2 is 1.96 bits per heavy atom. The van der Waals surface area contributed by atoms with Crippen LogP contribution in [0.3, 0.4) is 0 Å². The summed E-state index contributed by atoms with van der Waals surface area (Å²) in [5.41, 5.74) is 0.715. The first-order chi connectivity index (χ1) is 12.7. The van der Waals surface area contributed by atoms with Crippen LogP contribution in [0.4, 0.5) is 11.5 Å². The highest BCUT2D eigenvalue weighted by Crippen LogP contribution is 2.17. The van der Waals surface area contributed by atoms with E-state index in [-0.39, 0.29) is 11.3 Å². The van der Waals surface area contributed by atoms with Gasteiger partial charge < -0.3 is 19.8 Å². The number of carbonyl (C=O) groups excluding carboxylic acids is 2. The molecular formula is C18H16N4O4. The number of anilines is 2. The fourth-order valence-electron chi connectivity index (χ4n) is 2.19. The van der Waals surface area contributed by atoms with E-state index in [1.807, 2.05) is 6.07 Å². The van der Waals surface area contributed by atoms with Crippen LogP contribution < -0.4 is 10.6 Å². The minimum Gasteiger partial charge on any atom is -0.467 e. The smallest absolute Gasteiger partial charge is 0.339 e. The number of hydrogen-bond acceptors (Lipinski definition) is 7. The molecule has 0 aliphatic heterocycles. The molecule has 0 aliphatic carbocycles. The number of rotatable bonds is 6. The van der Waals surface area contributed by atoms with Gasteiger partial charge in [-0.05, 0) is 24.3 Å². The van der Waals surface area contributed by atoms with Gasteiger partial charge in [-0.3, -0.25) is 4.79 Å². The minimum atomic E-state index is -0.538. The number of methoxy groups -OCH3 is 1. The van der Waals surface area contributed by atoms with E-state index >= 15 is 0 Å². The average molecular weight is 352 g/mol. The Morgan fingerprint density at radius 1 is 1.12 bits per heavy atom. The van der Waals surface area contributed by atoms with Gasteiger partial charge in [0.25, 0.3) is 5.91 Å². The Morgan fingerprint density at radius 3 is 2.65 bits per heavy atom. The lowest BCUT2D eigenvalue weighted by Crippen LogP contribution is -2.17. The molecule has 2 heterocycles. The highest BCUT2D eigenvalue weighted by molar-refractivity contribution is 6.06. The normalized spacial score (nSPS) is 10.2. The fraction of sp³-hybridized carbons (Fsp3) is 0.111. The van der Waals surface area contributed by atoms with Gasteiger partial charge >= 0.3 is 5.97 Å². The van der Waals surface area contributed by atoms with Crippen LogP contribution in [0.5, 0.6) is 0 Å². The van der Waals surface area contributed by atoms with E-state index in [2.05, 4.69) is 20.6 Å². The Bertz CT molecular complexity index is 892. The number of amides is 1. The summed E-state index contributed by atoms with van der Waals surface area (Å²) in [5.74, 6) is 0.247. The Balaban J connectivity index is 1.66. The molecule has 0 atom stereocenters. The predicted octanol–water partition coefficient (Wildman–Crippen LogP) is 2.72. The van der Waals surface area contributed by atoms with Crippen molar-refractivity contribution in [2.24, 2.45) is 0 Å². The van der Waals surface area contributed by atoms with Gasteiger partial charge in [0, 0.05) is 0 Å². The van der Waals surface area contributed by atoms with E-state index in [0.717, 1.165) is 5.76 Å². The zero-order valence-electron chi connectivity index (χ0n) is 13.9. The summed E-state index contributed by atoms with van der Waals surface area (Å²) >= 11 is 0. The summed E-state index contributed by atoms with van der Waals surface area (Å²) in [4.78, 5) is 32.3. The van der Waals surface area contributed by atoms with Gasteiger partial charge in [0.1, 0.15) is 17.3 Å². The summed E-state index contributed by atoms with van der Waals surface area (Å²) in [7, 11) is 1.28. The summed E-state index contributed by atoms with van der Waals surface area (Å²) in [6.45, 7) is 0.458. The maximum atomic E-state index is 12.3. The second-order valence-electron chi connectivity index (χ2n) is 5.21. The monoisotopic (exact) mass is 352 g/mol. The SMILES string of the molecule is COC(=O)c1ccccc1NC(=O)c1cnc(NCc2ccco2)cn1. The van der Waals surface area contributed by atoms with Crippen molar-refractivity contribution in [3.8, 4) is 0 Å². The van der Waals surface area contributed by atoms with Gasteiger partial charge in [-0.2, -0.15) is 0 Å². The van der Waals surface area contributed by atoms with Crippen LogP contribution in [0, 0.1) is 0 Å². The number of aromatic nitrogens is 2. The number of esters is 1. The number of nitrogens with zero attached hydrogens (tertiary/aromatic N) is 2. The van der Waals surface area contributed by atoms with Crippen molar-refractivity contribution in [3.05, 3.63) is 72.1 Å². The van der Waals surface area contributed by atoms with E-state index in [1.165, 1.54) is 19.5 Å². The first-order valence-electron chi connectivity index (χ1n) is 7.74. The van der Waals surface area contributed by atoms with Crippen molar-refractivity contribution in [2.45, 2.75) is 6.54 Å². The van der Waals surface area contributed by atoms with Crippen LogP contribution in [0.1, 0.15) is 26.6 Å². The molecule has 3 aromatic rings. The molecule has 2 aromatic heterocycles. The summed E-state index contributed by atoms with van der Waals surface area (Å²) < 4.78 is 9.91. The van der Waals surface area contributed by atoms with Gasteiger partial charge in [0.2, 0.25) is 0 Å².